The summed E-state index contributed by atoms with van der Waals surface area (Å²) in [7, 11) is 0.260. The molecular formula is C38H67OS+. The van der Waals surface area contributed by atoms with Gasteiger partial charge in [0.05, 0.1) is 0 Å². The fourth-order valence-corrected chi connectivity index (χ4v) is 8.73. The van der Waals surface area contributed by atoms with Crippen molar-refractivity contribution < 1.29 is 4.79 Å². The number of hydrogen-bond acceptors (Lipinski definition) is 1. The van der Waals surface area contributed by atoms with Crippen molar-refractivity contribution in [1.82, 2.24) is 0 Å². The van der Waals surface area contributed by atoms with Gasteiger partial charge in [0.15, 0.2) is 5.75 Å². The first kappa shape index (κ1) is 35.4. The van der Waals surface area contributed by atoms with Gasteiger partial charge in [0, 0.05) is 5.56 Å². The summed E-state index contributed by atoms with van der Waals surface area (Å²) in [4.78, 5) is 13.3. The molecule has 1 nitrogen and oxygen atoms in total. The van der Waals surface area contributed by atoms with E-state index in [1.165, 1.54) is 178 Å². The number of Topliss-reactive ketones (excluding diaryl/α,β-unsaturated/α-hetero) is 1. The molecule has 1 fully saturated rings. The second-order valence-corrected chi connectivity index (χ2v) is 15.2. The topological polar surface area (TPSA) is 17.1 Å². The highest BCUT2D eigenvalue weighted by Gasteiger charge is 2.23. The summed E-state index contributed by atoms with van der Waals surface area (Å²) < 4.78 is 0. The van der Waals surface area contributed by atoms with E-state index in [1.807, 2.05) is 0 Å². The molecule has 0 N–H and O–H groups in total. The molecule has 1 aromatic rings. The number of carbonyl (C=O) groups excluding carboxylic acids is 1. The number of hydrogen-bond donors (Lipinski definition) is 0. The predicted molar refractivity (Wildman–Crippen MR) is 182 cm³/mol. The van der Waals surface area contributed by atoms with Crippen LogP contribution in [-0.4, -0.2) is 23.0 Å². The zero-order chi connectivity index (χ0) is 28.5. The van der Waals surface area contributed by atoms with Crippen LogP contribution in [0.4, 0.5) is 0 Å². The lowest BCUT2D eigenvalue weighted by Gasteiger charge is -2.22. The van der Waals surface area contributed by atoms with Crippen LogP contribution in [0.5, 0.6) is 0 Å². The van der Waals surface area contributed by atoms with E-state index in [-0.39, 0.29) is 10.9 Å². The standard InChI is InChI=1S/C38H67OS/c1-3-5-7-9-11-13-15-17-19-24-32-40(33-25-20-18-16-14-12-10-8-6-4-2)34-38(39)37-30-28-36(29-31-37)35-26-22-21-23-27-35/h28-31,35H,3-27,32-34H2,1-2H3/q+1. The van der Waals surface area contributed by atoms with Crippen LogP contribution in [0.2, 0.25) is 0 Å². The van der Waals surface area contributed by atoms with Crippen LogP contribution < -0.4 is 0 Å². The maximum Gasteiger partial charge on any atom is 0.211 e. The van der Waals surface area contributed by atoms with Crippen LogP contribution in [0.15, 0.2) is 24.3 Å². The van der Waals surface area contributed by atoms with Crippen molar-refractivity contribution in [1.29, 1.82) is 0 Å². The van der Waals surface area contributed by atoms with E-state index in [0.717, 1.165) is 17.2 Å². The number of unbranched alkanes of at least 4 members (excludes halogenated alkanes) is 18. The average Bonchev–Trinajstić information content (AvgIpc) is 2.99. The lowest BCUT2D eigenvalue weighted by Crippen LogP contribution is -2.23. The predicted octanol–water partition coefficient (Wildman–Crippen LogP) is 12.4. The first-order valence-electron chi connectivity index (χ1n) is 18.0. The monoisotopic (exact) mass is 571 g/mol. The molecule has 0 heterocycles. The molecule has 0 atom stereocenters. The Bertz CT molecular complexity index is 681. The van der Waals surface area contributed by atoms with Crippen LogP contribution in [0, 0.1) is 0 Å². The lowest BCUT2D eigenvalue weighted by atomic mass is 9.84. The van der Waals surface area contributed by atoms with Gasteiger partial charge in [-0.05, 0) is 60.9 Å². The van der Waals surface area contributed by atoms with E-state index in [4.69, 9.17) is 0 Å². The van der Waals surface area contributed by atoms with E-state index in [2.05, 4.69) is 38.1 Å². The van der Waals surface area contributed by atoms with E-state index in [1.54, 1.807) is 0 Å². The summed E-state index contributed by atoms with van der Waals surface area (Å²) in [5, 5.41) is 0. The Morgan fingerprint density at radius 1 is 0.575 bits per heavy atom. The molecule has 1 saturated carbocycles. The van der Waals surface area contributed by atoms with Crippen molar-refractivity contribution in [3.05, 3.63) is 35.4 Å². The lowest BCUT2D eigenvalue weighted by molar-refractivity contribution is 0.102. The summed E-state index contributed by atoms with van der Waals surface area (Å²) in [6, 6.07) is 8.83. The molecule has 0 bridgehead atoms. The first-order valence-corrected chi connectivity index (χ1v) is 19.7. The highest BCUT2D eigenvalue weighted by molar-refractivity contribution is 7.97. The van der Waals surface area contributed by atoms with E-state index in [0.29, 0.717) is 5.78 Å². The van der Waals surface area contributed by atoms with Gasteiger partial charge in [-0.25, -0.2) is 0 Å². The highest BCUT2D eigenvalue weighted by Crippen LogP contribution is 2.32. The summed E-state index contributed by atoms with van der Waals surface area (Å²) in [6.07, 6.45) is 34.7. The minimum Gasteiger partial charge on any atom is -0.289 e. The average molecular weight is 572 g/mol. The Labute approximate surface area is 253 Å². The third kappa shape index (κ3) is 17.3. The molecule has 0 unspecified atom stereocenters. The van der Waals surface area contributed by atoms with Crippen LogP contribution in [0.25, 0.3) is 0 Å². The van der Waals surface area contributed by atoms with Crippen LogP contribution in [-0.2, 0) is 10.9 Å². The van der Waals surface area contributed by atoms with Gasteiger partial charge in [0.2, 0.25) is 5.78 Å². The van der Waals surface area contributed by atoms with Gasteiger partial charge in [-0.3, -0.25) is 4.79 Å². The first-order chi connectivity index (χ1) is 19.7. The van der Waals surface area contributed by atoms with Gasteiger partial charge in [-0.2, -0.15) is 0 Å². The van der Waals surface area contributed by atoms with Crippen molar-refractivity contribution in [2.24, 2.45) is 0 Å². The van der Waals surface area contributed by atoms with Crippen LogP contribution in [0.3, 0.4) is 0 Å². The molecule has 230 valence electrons. The third-order valence-corrected chi connectivity index (χ3v) is 11.6. The molecule has 0 amide bonds. The molecule has 1 aliphatic rings. The van der Waals surface area contributed by atoms with Gasteiger partial charge in [-0.1, -0.05) is 160 Å². The molecule has 0 aromatic heterocycles. The fraction of sp³-hybridized carbons (Fsp3) is 0.816. The van der Waals surface area contributed by atoms with Gasteiger partial charge in [0.1, 0.15) is 11.5 Å². The second-order valence-electron chi connectivity index (χ2n) is 12.9. The van der Waals surface area contributed by atoms with Crippen molar-refractivity contribution in [2.45, 2.75) is 180 Å². The van der Waals surface area contributed by atoms with Crippen molar-refractivity contribution in [3.8, 4) is 0 Å². The number of carbonyl (C=O) groups is 1. The Morgan fingerprint density at radius 3 is 1.40 bits per heavy atom. The van der Waals surface area contributed by atoms with Crippen LogP contribution in [0.1, 0.15) is 196 Å². The molecule has 0 spiro atoms. The summed E-state index contributed by atoms with van der Waals surface area (Å²) in [5.41, 5.74) is 2.43. The zero-order valence-corrected chi connectivity index (χ0v) is 27.8. The van der Waals surface area contributed by atoms with Crippen LogP contribution >= 0.6 is 0 Å². The highest BCUT2D eigenvalue weighted by atomic mass is 32.2. The molecule has 1 aliphatic carbocycles. The molecular weight excluding hydrogens is 504 g/mol. The third-order valence-electron chi connectivity index (χ3n) is 9.22. The summed E-state index contributed by atoms with van der Waals surface area (Å²) >= 11 is 0. The smallest absolute Gasteiger partial charge is 0.211 e. The SMILES string of the molecule is CCCCCCCCCCCC[S+](CCCCCCCCCCCC)CC(=O)c1ccc(C2CCCCC2)cc1. The molecule has 1 aromatic carbocycles. The quantitative estimate of drug-likeness (QED) is 0.0614. The summed E-state index contributed by atoms with van der Waals surface area (Å²) in [6.45, 7) is 4.59. The molecule has 0 saturated heterocycles. The maximum atomic E-state index is 13.3. The van der Waals surface area contributed by atoms with Gasteiger partial charge in [0.25, 0.3) is 0 Å². The zero-order valence-electron chi connectivity index (χ0n) is 27.0. The Hall–Kier alpha value is -0.760. The Balaban J connectivity index is 1.70. The van der Waals surface area contributed by atoms with Gasteiger partial charge in [-0.15, -0.1) is 0 Å². The van der Waals surface area contributed by atoms with Crippen molar-refractivity contribution in [3.63, 3.8) is 0 Å². The van der Waals surface area contributed by atoms with Crippen molar-refractivity contribution in [2.75, 3.05) is 17.3 Å². The largest absolute Gasteiger partial charge is 0.289 e. The van der Waals surface area contributed by atoms with E-state index in [9.17, 15) is 4.79 Å². The number of benzene rings is 1. The Kier molecular flexibility index (Phi) is 22.0. The Morgan fingerprint density at radius 2 is 0.975 bits per heavy atom. The minimum absolute atomic E-state index is 0.260. The minimum atomic E-state index is 0.260. The molecule has 0 radical (unpaired) electrons. The molecule has 2 heteroatoms. The maximum absolute atomic E-state index is 13.3. The van der Waals surface area contributed by atoms with E-state index >= 15 is 0 Å². The van der Waals surface area contributed by atoms with Gasteiger partial charge >= 0.3 is 0 Å². The summed E-state index contributed by atoms with van der Waals surface area (Å²) in [5.74, 6) is 4.47. The molecule has 0 aliphatic heterocycles. The van der Waals surface area contributed by atoms with Gasteiger partial charge < -0.3 is 0 Å². The van der Waals surface area contributed by atoms with Crippen molar-refractivity contribution >= 4 is 16.7 Å². The number of ketones is 1. The van der Waals surface area contributed by atoms with E-state index < -0.39 is 0 Å². The molecule has 2 rings (SSSR count). The second kappa shape index (κ2) is 24.8. The normalized spacial score (nSPS) is 14.3. The molecule has 40 heavy (non-hydrogen) atoms. The number of rotatable bonds is 26. The fourth-order valence-electron chi connectivity index (χ4n) is 6.48.